The van der Waals surface area contributed by atoms with Gasteiger partial charge in [0.25, 0.3) is 0 Å². The third-order valence-electron chi connectivity index (χ3n) is 3.31. The van der Waals surface area contributed by atoms with Gasteiger partial charge in [-0.05, 0) is 31.8 Å². The zero-order valence-corrected chi connectivity index (χ0v) is 9.23. The van der Waals surface area contributed by atoms with Crippen molar-refractivity contribution in [3.63, 3.8) is 0 Å². The Morgan fingerprint density at radius 1 is 1.20 bits per heavy atom. The summed E-state index contributed by atoms with van der Waals surface area (Å²) >= 11 is 0. The van der Waals surface area contributed by atoms with E-state index < -0.39 is 0 Å². The first-order valence-electron chi connectivity index (χ1n) is 5.91. The number of nitrogens with zero attached hydrogens (tertiary/aromatic N) is 1. The molecule has 2 fully saturated rings. The summed E-state index contributed by atoms with van der Waals surface area (Å²) in [5.74, 6) is 0.518. The van der Waals surface area contributed by atoms with Crippen LogP contribution in [0.4, 0.5) is 0 Å². The van der Waals surface area contributed by atoms with Gasteiger partial charge in [-0.2, -0.15) is 0 Å². The summed E-state index contributed by atoms with van der Waals surface area (Å²) < 4.78 is 11.0. The van der Waals surface area contributed by atoms with Crippen molar-refractivity contribution in [1.29, 1.82) is 0 Å². The molecule has 1 atom stereocenters. The molecule has 1 N–H and O–H groups in total. The van der Waals surface area contributed by atoms with Crippen molar-refractivity contribution in [2.45, 2.75) is 18.9 Å². The van der Waals surface area contributed by atoms with Crippen LogP contribution in [0.1, 0.15) is 12.8 Å². The maximum atomic E-state index is 9.04. The zero-order valence-electron chi connectivity index (χ0n) is 9.23. The first-order valence-corrected chi connectivity index (χ1v) is 5.91. The highest BCUT2D eigenvalue weighted by Crippen LogP contribution is 2.17. The summed E-state index contributed by atoms with van der Waals surface area (Å²) in [6.07, 6.45) is 2.48. The molecule has 0 amide bonds. The van der Waals surface area contributed by atoms with Gasteiger partial charge < -0.3 is 19.5 Å². The molecule has 4 heteroatoms. The Morgan fingerprint density at radius 2 is 2.00 bits per heavy atom. The van der Waals surface area contributed by atoms with E-state index in [4.69, 9.17) is 14.6 Å². The first kappa shape index (κ1) is 11.3. The van der Waals surface area contributed by atoms with Gasteiger partial charge in [-0.25, -0.2) is 0 Å². The highest BCUT2D eigenvalue weighted by atomic mass is 16.6. The third-order valence-corrected chi connectivity index (χ3v) is 3.31. The number of ether oxygens (including phenoxy) is 2. The summed E-state index contributed by atoms with van der Waals surface area (Å²) in [6, 6.07) is 0. The van der Waals surface area contributed by atoms with E-state index in [-0.39, 0.29) is 6.10 Å². The summed E-state index contributed by atoms with van der Waals surface area (Å²) in [6.45, 7) is 5.71. The predicted molar refractivity (Wildman–Crippen MR) is 56.8 cm³/mol. The van der Waals surface area contributed by atoms with E-state index in [1.807, 2.05) is 0 Å². The van der Waals surface area contributed by atoms with Crippen LogP contribution in [0.3, 0.4) is 0 Å². The van der Waals surface area contributed by atoms with E-state index in [9.17, 15) is 0 Å². The molecule has 2 heterocycles. The van der Waals surface area contributed by atoms with Gasteiger partial charge in [0.15, 0.2) is 0 Å². The lowest BCUT2D eigenvalue weighted by Crippen LogP contribution is -2.43. The number of rotatable bonds is 3. The molecule has 1 unspecified atom stereocenters. The van der Waals surface area contributed by atoms with Crippen LogP contribution in [0, 0.1) is 5.92 Å². The molecular weight excluding hydrogens is 194 g/mol. The van der Waals surface area contributed by atoms with Gasteiger partial charge in [-0.3, -0.25) is 0 Å². The lowest BCUT2D eigenvalue weighted by Gasteiger charge is -2.34. The van der Waals surface area contributed by atoms with Crippen molar-refractivity contribution < 1.29 is 14.6 Å². The number of piperidine rings is 1. The summed E-state index contributed by atoms with van der Waals surface area (Å²) in [5, 5.41) is 9.04. The summed E-state index contributed by atoms with van der Waals surface area (Å²) in [5.41, 5.74) is 0. The second kappa shape index (κ2) is 5.80. The first-order chi connectivity index (χ1) is 7.38. The Hall–Kier alpha value is -0.160. The largest absolute Gasteiger partial charge is 0.396 e. The fourth-order valence-electron chi connectivity index (χ4n) is 2.28. The maximum absolute atomic E-state index is 9.04. The number of aliphatic hydroxyl groups is 1. The van der Waals surface area contributed by atoms with Crippen molar-refractivity contribution in [3.05, 3.63) is 0 Å². The molecule has 0 aliphatic carbocycles. The van der Waals surface area contributed by atoms with Crippen molar-refractivity contribution in [3.8, 4) is 0 Å². The van der Waals surface area contributed by atoms with E-state index in [1.54, 1.807) is 0 Å². The van der Waals surface area contributed by atoms with Crippen molar-refractivity contribution >= 4 is 0 Å². The Bertz CT molecular complexity index is 175. The Balaban J connectivity index is 1.67. The van der Waals surface area contributed by atoms with Crippen LogP contribution >= 0.6 is 0 Å². The molecule has 2 rings (SSSR count). The molecule has 0 radical (unpaired) electrons. The molecule has 0 spiro atoms. The van der Waals surface area contributed by atoms with Crippen LogP contribution in [0.2, 0.25) is 0 Å². The number of hydrogen-bond donors (Lipinski definition) is 1. The Morgan fingerprint density at radius 3 is 2.60 bits per heavy atom. The van der Waals surface area contributed by atoms with Crippen molar-refractivity contribution in [1.82, 2.24) is 4.90 Å². The fourth-order valence-corrected chi connectivity index (χ4v) is 2.28. The maximum Gasteiger partial charge on any atom is 0.0936 e. The molecule has 88 valence electrons. The minimum Gasteiger partial charge on any atom is -0.396 e. The second-order valence-electron chi connectivity index (χ2n) is 4.49. The van der Waals surface area contributed by atoms with Gasteiger partial charge in [-0.1, -0.05) is 0 Å². The monoisotopic (exact) mass is 215 g/mol. The minimum atomic E-state index is 0.254. The number of aliphatic hydroxyl groups excluding tert-OH is 1. The lowest BCUT2D eigenvalue weighted by atomic mass is 9.98. The fraction of sp³-hybridized carbons (Fsp3) is 1.00. The number of likely N-dealkylation sites (tertiary alicyclic amines) is 1. The molecule has 0 aromatic carbocycles. The average Bonchev–Trinajstić information content (AvgIpc) is 2.31. The predicted octanol–water partition coefficient (Wildman–Crippen LogP) is 0.106. The zero-order chi connectivity index (χ0) is 10.5. The van der Waals surface area contributed by atoms with E-state index >= 15 is 0 Å². The lowest BCUT2D eigenvalue weighted by molar-refractivity contribution is -0.0996. The van der Waals surface area contributed by atoms with Crippen LogP contribution < -0.4 is 0 Å². The van der Waals surface area contributed by atoms with Crippen molar-refractivity contribution in [2.24, 2.45) is 5.92 Å². The molecule has 2 aliphatic rings. The van der Waals surface area contributed by atoms with E-state index in [1.165, 1.54) is 0 Å². The average molecular weight is 215 g/mol. The van der Waals surface area contributed by atoms with Crippen molar-refractivity contribution in [2.75, 3.05) is 46.1 Å². The van der Waals surface area contributed by atoms with Gasteiger partial charge in [0.05, 0.1) is 25.9 Å². The van der Waals surface area contributed by atoms with Crippen LogP contribution in [0.5, 0.6) is 0 Å². The van der Waals surface area contributed by atoms with Gasteiger partial charge in [0.1, 0.15) is 0 Å². The standard InChI is InChI=1S/C11H21NO3/c13-8-10-1-3-12(4-2-10)7-11-9-14-5-6-15-11/h10-11,13H,1-9H2. The summed E-state index contributed by atoms with van der Waals surface area (Å²) in [7, 11) is 0. The van der Waals surface area contributed by atoms with E-state index in [2.05, 4.69) is 4.90 Å². The van der Waals surface area contributed by atoms with Gasteiger partial charge in [-0.15, -0.1) is 0 Å². The SMILES string of the molecule is OCC1CCN(CC2COCCO2)CC1. The van der Waals surface area contributed by atoms with Crippen LogP contribution in [0.15, 0.2) is 0 Å². The van der Waals surface area contributed by atoms with Gasteiger partial charge in [0.2, 0.25) is 0 Å². The molecular formula is C11H21NO3. The smallest absolute Gasteiger partial charge is 0.0936 e. The van der Waals surface area contributed by atoms with E-state index in [0.29, 0.717) is 12.5 Å². The van der Waals surface area contributed by atoms with Gasteiger partial charge >= 0.3 is 0 Å². The molecule has 4 nitrogen and oxygen atoms in total. The normalized spacial score (nSPS) is 30.6. The van der Waals surface area contributed by atoms with E-state index in [0.717, 1.165) is 52.3 Å². The molecule has 2 aliphatic heterocycles. The Kier molecular flexibility index (Phi) is 4.38. The molecule has 0 bridgehead atoms. The summed E-state index contributed by atoms with van der Waals surface area (Å²) in [4.78, 5) is 2.42. The Labute approximate surface area is 91.2 Å². The topological polar surface area (TPSA) is 41.9 Å². The minimum absolute atomic E-state index is 0.254. The van der Waals surface area contributed by atoms with Gasteiger partial charge in [0, 0.05) is 13.2 Å². The highest BCUT2D eigenvalue weighted by molar-refractivity contribution is 4.75. The second-order valence-corrected chi connectivity index (χ2v) is 4.49. The highest BCUT2D eigenvalue weighted by Gasteiger charge is 2.22. The third kappa shape index (κ3) is 3.41. The molecule has 0 aromatic heterocycles. The molecule has 2 saturated heterocycles. The van der Waals surface area contributed by atoms with Crippen LogP contribution in [0.25, 0.3) is 0 Å². The molecule has 15 heavy (non-hydrogen) atoms. The van der Waals surface area contributed by atoms with Crippen LogP contribution in [-0.2, 0) is 9.47 Å². The number of hydrogen-bond acceptors (Lipinski definition) is 4. The van der Waals surface area contributed by atoms with Crippen LogP contribution in [-0.4, -0.2) is 62.2 Å². The molecule has 0 aromatic rings. The quantitative estimate of drug-likeness (QED) is 0.725. The molecule has 0 saturated carbocycles.